The average Bonchev–Trinajstić information content (AvgIpc) is 2.56. The molecule has 0 radical (unpaired) electrons. The summed E-state index contributed by atoms with van der Waals surface area (Å²) in [7, 11) is 0. The molecule has 24 heavy (non-hydrogen) atoms. The Morgan fingerprint density at radius 3 is 2.46 bits per heavy atom. The van der Waals surface area contributed by atoms with Crippen LogP contribution in [-0.2, 0) is 6.54 Å². The van der Waals surface area contributed by atoms with Gasteiger partial charge in [-0.1, -0.05) is 35.9 Å². The molecule has 6 heteroatoms. The van der Waals surface area contributed by atoms with Crippen molar-refractivity contribution in [1.82, 2.24) is 9.97 Å². The van der Waals surface area contributed by atoms with E-state index in [0.717, 1.165) is 11.3 Å². The van der Waals surface area contributed by atoms with Crippen molar-refractivity contribution in [2.75, 3.05) is 10.6 Å². The van der Waals surface area contributed by atoms with Gasteiger partial charge in [-0.15, -0.1) is 0 Å². The number of para-hydroxylation sites is 1. The predicted octanol–water partition coefficient (Wildman–Crippen LogP) is 4.93. The van der Waals surface area contributed by atoms with E-state index in [0.29, 0.717) is 29.0 Å². The second-order valence-electron chi connectivity index (χ2n) is 5.27. The maximum atomic E-state index is 12.9. The molecule has 1 heterocycles. The summed E-state index contributed by atoms with van der Waals surface area (Å²) in [5, 5.41) is 7.02. The number of halogens is 2. The first-order valence-corrected chi connectivity index (χ1v) is 7.83. The minimum atomic E-state index is -0.247. The van der Waals surface area contributed by atoms with Crippen LogP contribution in [0.4, 0.5) is 21.7 Å². The molecule has 4 nitrogen and oxygen atoms in total. The first kappa shape index (κ1) is 16.2. The van der Waals surface area contributed by atoms with Gasteiger partial charge in [0.1, 0.15) is 23.3 Å². The molecule has 122 valence electrons. The third-order valence-corrected chi connectivity index (χ3v) is 3.69. The minimum Gasteiger partial charge on any atom is -0.366 e. The first-order chi connectivity index (χ1) is 11.6. The van der Waals surface area contributed by atoms with Crippen molar-refractivity contribution in [3.8, 4) is 0 Å². The molecule has 0 aliphatic rings. The van der Waals surface area contributed by atoms with E-state index in [1.54, 1.807) is 18.2 Å². The summed E-state index contributed by atoms with van der Waals surface area (Å²) in [6, 6.07) is 15.6. The van der Waals surface area contributed by atoms with Crippen LogP contribution in [0, 0.1) is 12.7 Å². The maximum Gasteiger partial charge on any atom is 0.136 e. The quantitative estimate of drug-likeness (QED) is 0.690. The zero-order valence-electron chi connectivity index (χ0n) is 13.1. The fourth-order valence-electron chi connectivity index (χ4n) is 2.22. The lowest BCUT2D eigenvalue weighted by Crippen LogP contribution is -2.05. The molecule has 0 fully saturated rings. The summed E-state index contributed by atoms with van der Waals surface area (Å²) in [5.74, 6) is 1.72. The molecule has 0 aliphatic carbocycles. The normalized spacial score (nSPS) is 10.5. The van der Waals surface area contributed by atoms with Crippen molar-refractivity contribution in [2.45, 2.75) is 13.5 Å². The van der Waals surface area contributed by atoms with Crippen LogP contribution in [-0.4, -0.2) is 9.97 Å². The van der Waals surface area contributed by atoms with Crippen LogP contribution in [0.15, 0.2) is 54.6 Å². The molecular formula is C18H16ClFN4. The molecule has 0 amide bonds. The van der Waals surface area contributed by atoms with Gasteiger partial charge in [-0.25, -0.2) is 14.4 Å². The van der Waals surface area contributed by atoms with E-state index < -0.39 is 0 Å². The van der Waals surface area contributed by atoms with Crippen molar-refractivity contribution in [3.63, 3.8) is 0 Å². The molecule has 1 aromatic heterocycles. The highest BCUT2D eigenvalue weighted by molar-refractivity contribution is 6.33. The third kappa shape index (κ3) is 4.20. The van der Waals surface area contributed by atoms with Crippen molar-refractivity contribution >= 4 is 28.9 Å². The summed E-state index contributed by atoms with van der Waals surface area (Å²) < 4.78 is 12.9. The van der Waals surface area contributed by atoms with Crippen LogP contribution in [0.25, 0.3) is 0 Å². The first-order valence-electron chi connectivity index (χ1n) is 7.46. The van der Waals surface area contributed by atoms with Crippen LogP contribution in [0.5, 0.6) is 0 Å². The summed E-state index contributed by atoms with van der Waals surface area (Å²) >= 11 is 6.16. The Hall–Kier alpha value is -2.66. The lowest BCUT2D eigenvalue weighted by molar-refractivity contribution is 0.627. The van der Waals surface area contributed by atoms with Crippen molar-refractivity contribution < 1.29 is 4.39 Å². The zero-order valence-corrected chi connectivity index (χ0v) is 13.8. The van der Waals surface area contributed by atoms with Crippen LogP contribution in [0.1, 0.15) is 11.4 Å². The number of anilines is 3. The number of benzene rings is 2. The molecule has 0 bridgehead atoms. The number of aromatic nitrogens is 2. The number of nitrogens with one attached hydrogen (secondary N) is 2. The number of nitrogens with zero attached hydrogens (tertiary/aromatic N) is 2. The fraction of sp³-hybridized carbons (Fsp3) is 0.111. The molecule has 0 unspecified atom stereocenters. The van der Waals surface area contributed by atoms with Gasteiger partial charge in [0.05, 0.1) is 10.7 Å². The van der Waals surface area contributed by atoms with E-state index in [4.69, 9.17) is 11.6 Å². The van der Waals surface area contributed by atoms with Crippen molar-refractivity contribution in [3.05, 3.63) is 76.8 Å². The molecule has 0 saturated heterocycles. The molecule has 2 aromatic carbocycles. The highest BCUT2D eigenvalue weighted by atomic mass is 35.5. The lowest BCUT2D eigenvalue weighted by atomic mass is 10.2. The minimum absolute atomic E-state index is 0.247. The molecule has 0 saturated carbocycles. The number of aryl methyl sites for hydroxylation is 1. The van der Waals surface area contributed by atoms with Gasteiger partial charge in [0.2, 0.25) is 0 Å². The van der Waals surface area contributed by atoms with Crippen LogP contribution >= 0.6 is 11.6 Å². The number of rotatable bonds is 5. The summed E-state index contributed by atoms with van der Waals surface area (Å²) in [4.78, 5) is 8.73. The highest BCUT2D eigenvalue weighted by Gasteiger charge is 2.05. The second kappa shape index (κ2) is 7.27. The maximum absolute atomic E-state index is 12.9. The number of hydrogen-bond donors (Lipinski definition) is 2. The molecule has 0 spiro atoms. The van der Waals surface area contributed by atoms with Gasteiger partial charge in [0.25, 0.3) is 0 Å². The van der Waals surface area contributed by atoms with Crippen LogP contribution in [0.2, 0.25) is 5.02 Å². The van der Waals surface area contributed by atoms with Crippen molar-refractivity contribution in [2.24, 2.45) is 0 Å². The molecule has 0 atom stereocenters. The highest BCUT2D eigenvalue weighted by Crippen LogP contribution is 2.24. The second-order valence-corrected chi connectivity index (χ2v) is 5.68. The van der Waals surface area contributed by atoms with Crippen LogP contribution < -0.4 is 10.6 Å². The Labute approximate surface area is 144 Å². The molecular weight excluding hydrogens is 327 g/mol. The topological polar surface area (TPSA) is 49.8 Å². The Bertz CT molecular complexity index is 837. The van der Waals surface area contributed by atoms with E-state index in [9.17, 15) is 4.39 Å². The summed E-state index contributed by atoms with van der Waals surface area (Å²) in [6.45, 7) is 2.36. The van der Waals surface area contributed by atoms with Crippen molar-refractivity contribution in [1.29, 1.82) is 0 Å². The fourth-order valence-corrected chi connectivity index (χ4v) is 2.40. The smallest absolute Gasteiger partial charge is 0.136 e. The van der Waals surface area contributed by atoms with Gasteiger partial charge in [-0.2, -0.15) is 0 Å². The van der Waals surface area contributed by atoms with E-state index in [2.05, 4.69) is 20.6 Å². The lowest BCUT2D eigenvalue weighted by Gasteiger charge is -2.11. The van der Waals surface area contributed by atoms with E-state index in [-0.39, 0.29) is 5.82 Å². The number of hydrogen-bond acceptors (Lipinski definition) is 4. The van der Waals surface area contributed by atoms with E-state index in [1.165, 1.54) is 12.1 Å². The largest absolute Gasteiger partial charge is 0.366 e. The molecule has 2 N–H and O–H groups in total. The van der Waals surface area contributed by atoms with Gasteiger partial charge >= 0.3 is 0 Å². The van der Waals surface area contributed by atoms with Crippen LogP contribution in [0.3, 0.4) is 0 Å². The SMILES string of the molecule is Cc1nc(NCc2ccc(F)cc2)cc(Nc2ccccc2Cl)n1. The van der Waals surface area contributed by atoms with Gasteiger partial charge in [-0.3, -0.25) is 0 Å². The Kier molecular flexibility index (Phi) is 4.91. The Balaban J connectivity index is 1.74. The predicted molar refractivity (Wildman–Crippen MR) is 95.2 cm³/mol. The zero-order chi connectivity index (χ0) is 16.9. The van der Waals surface area contributed by atoms with E-state index in [1.807, 2.05) is 31.2 Å². The Morgan fingerprint density at radius 2 is 1.71 bits per heavy atom. The van der Waals surface area contributed by atoms with Gasteiger partial charge in [0, 0.05) is 12.6 Å². The summed E-state index contributed by atoms with van der Waals surface area (Å²) in [6.07, 6.45) is 0. The third-order valence-electron chi connectivity index (χ3n) is 3.36. The monoisotopic (exact) mass is 342 g/mol. The van der Waals surface area contributed by atoms with E-state index >= 15 is 0 Å². The van der Waals surface area contributed by atoms with Gasteiger partial charge in [0.15, 0.2) is 0 Å². The average molecular weight is 343 g/mol. The van der Waals surface area contributed by atoms with Gasteiger partial charge in [-0.05, 0) is 36.8 Å². The summed E-state index contributed by atoms with van der Waals surface area (Å²) in [5.41, 5.74) is 1.75. The van der Waals surface area contributed by atoms with Gasteiger partial charge < -0.3 is 10.6 Å². The Morgan fingerprint density at radius 1 is 1.00 bits per heavy atom. The molecule has 3 rings (SSSR count). The molecule has 0 aliphatic heterocycles. The molecule has 3 aromatic rings. The standard InChI is InChI=1S/C18H16ClFN4/c1-12-22-17(21-11-13-6-8-14(20)9-7-13)10-18(23-12)24-16-5-3-2-4-15(16)19/h2-10H,11H2,1H3,(H2,21,22,23,24).